The van der Waals surface area contributed by atoms with E-state index in [1.165, 1.54) is 7.11 Å². The molecule has 0 spiro atoms. The first-order chi connectivity index (χ1) is 4.83. The molecule has 1 fully saturated rings. The maximum atomic E-state index is 10.5. The number of alkyl carbamates (subject to hydrolysis) is 1. The van der Waals surface area contributed by atoms with Crippen LogP contribution < -0.4 is 10.6 Å². The molecule has 0 aromatic carbocycles. The van der Waals surface area contributed by atoms with Crippen molar-refractivity contribution in [1.29, 1.82) is 0 Å². The molecule has 0 saturated carbocycles. The fourth-order valence-electron chi connectivity index (χ4n) is 0.684. The quantitative estimate of drug-likeness (QED) is 0.510. The van der Waals surface area contributed by atoms with Gasteiger partial charge in [-0.2, -0.15) is 0 Å². The van der Waals surface area contributed by atoms with Gasteiger partial charge in [0.25, 0.3) is 0 Å². The van der Waals surface area contributed by atoms with Crippen molar-refractivity contribution in [1.82, 2.24) is 10.6 Å². The van der Waals surface area contributed by atoms with Gasteiger partial charge in [-0.05, 0) is 0 Å². The van der Waals surface area contributed by atoms with Crippen molar-refractivity contribution in [2.45, 2.75) is 6.35 Å². The first kappa shape index (κ1) is 7.30. The number of ether oxygens (including phenoxy) is 2. The lowest BCUT2D eigenvalue weighted by molar-refractivity contribution is 0.0671. The third-order valence-corrected chi connectivity index (χ3v) is 1.15. The lowest BCUT2D eigenvalue weighted by atomic mass is 10.7. The zero-order valence-electron chi connectivity index (χ0n) is 5.72. The normalized spacial score (nSPS) is 24.3. The summed E-state index contributed by atoms with van der Waals surface area (Å²) >= 11 is 0. The van der Waals surface area contributed by atoms with Crippen molar-refractivity contribution in [3.05, 3.63) is 0 Å². The Morgan fingerprint density at radius 2 is 2.70 bits per heavy atom. The Balaban J connectivity index is 2.17. The minimum Gasteiger partial charge on any atom is -0.453 e. The number of rotatable bonds is 1. The van der Waals surface area contributed by atoms with Crippen LogP contribution in [0.5, 0.6) is 0 Å². The summed E-state index contributed by atoms with van der Waals surface area (Å²) in [4.78, 5) is 10.5. The number of methoxy groups -OCH3 is 1. The van der Waals surface area contributed by atoms with Gasteiger partial charge in [-0.3, -0.25) is 10.6 Å². The number of hydrogen-bond acceptors (Lipinski definition) is 4. The molecule has 58 valence electrons. The van der Waals surface area contributed by atoms with Crippen molar-refractivity contribution < 1.29 is 14.3 Å². The van der Waals surface area contributed by atoms with Gasteiger partial charge in [0.1, 0.15) is 0 Å². The molecule has 1 unspecified atom stereocenters. The van der Waals surface area contributed by atoms with Gasteiger partial charge in [-0.15, -0.1) is 0 Å². The predicted molar refractivity (Wildman–Crippen MR) is 33.3 cm³/mol. The molecule has 1 aliphatic rings. The van der Waals surface area contributed by atoms with E-state index in [1.54, 1.807) is 0 Å². The molecular weight excluding hydrogens is 136 g/mol. The molecular formula is C5H10N2O3. The van der Waals surface area contributed by atoms with Gasteiger partial charge in [0.2, 0.25) is 0 Å². The second-order valence-corrected chi connectivity index (χ2v) is 1.84. The summed E-state index contributed by atoms with van der Waals surface area (Å²) in [5.41, 5.74) is 0. The van der Waals surface area contributed by atoms with E-state index in [1.807, 2.05) is 0 Å². The van der Waals surface area contributed by atoms with Crippen LogP contribution in [-0.4, -0.2) is 32.7 Å². The fraction of sp³-hybridized carbons (Fsp3) is 0.800. The van der Waals surface area contributed by atoms with Crippen LogP contribution in [0.4, 0.5) is 4.79 Å². The minimum atomic E-state index is -0.487. The van der Waals surface area contributed by atoms with Gasteiger partial charge in [0.15, 0.2) is 6.35 Å². The first-order valence-corrected chi connectivity index (χ1v) is 3.02. The zero-order chi connectivity index (χ0) is 7.40. The largest absolute Gasteiger partial charge is 0.453 e. The van der Waals surface area contributed by atoms with Crippen molar-refractivity contribution in [3.63, 3.8) is 0 Å². The van der Waals surface area contributed by atoms with Crippen LogP contribution in [0.15, 0.2) is 0 Å². The van der Waals surface area contributed by atoms with E-state index in [-0.39, 0.29) is 6.35 Å². The third-order valence-electron chi connectivity index (χ3n) is 1.15. The number of carbonyl (C=O) groups is 1. The molecule has 5 nitrogen and oxygen atoms in total. The van der Waals surface area contributed by atoms with E-state index in [2.05, 4.69) is 15.4 Å². The second-order valence-electron chi connectivity index (χ2n) is 1.84. The monoisotopic (exact) mass is 146 g/mol. The molecule has 1 aliphatic heterocycles. The molecule has 1 heterocycles. The molecule has 1 rings (SSSR count). The zero-order valence-corrected chi connectivity index (χ0v) is 5.72. The molecule has 10 heavy (non-hydrogen) atoms. The van der Waals surface area contributed by atoms with E-state index >= 15 is 0 Å². The van der Waals surface area contributed by atoms with Crippen LogP contribution in [0, 0.1) is 0 Å². The highest BCUT2D eigenvalue weighted by molar-refractivity contribution is 5.67. The summed E-state index contributed by atoms with van der Waals surface area (Å²) in [7, 11) is 1.31. The molecule has 0 radical (unpaired) electrons. The van der Waals surface area contributed by atoms with Crippen molar-refractivity contribution in [3.8, 4) is 0 Å². The van der Waals surface area contributed by atoms with Crippen LogP contribution >= 0.6 is 0 Å². The van der Waals surface area contributed by atoms with Crippen LogP contribution in [0.1, 0.15) is 0 Å². The summed E-state index contributed by atoms with van der Waals surface area (Å²) in [6, 6.07) is 0. The van der Waals surface area contributed by atoms with E-state index < -0.39 is 6.09 Å². The van der Waals surface area contributed by atoms with Gasteiger partial charge >= 0.3 is 6.09 Å². The molecule has 0 aromatic heterocycles. The van der Waals surface area contributed by atoms with E-state index in [0.717, 1.165) is 6.54 Å². The Hall–Kier alpha value is -0.810. The van der Waals surface area contributed by atoms with Crippen LogP contribution in [0.25, 0.3) is 0 Å². The maximum absolute atomic E-state index is 10.5. The molecule has 1 atom stereocenters. The number of hydrogen-bond donors (Lipinski definition) is 2. The van der Waals surface area contributed by atoms with Gasteiger partial charge in [-0.25, -0.2) is 4.79 Å². The van der Waals surface area contributed by atoms with Gasteiger partial charge in [0, 0.05) is 6.54 Å². The molecule has 1 saturated heterocycles. The third kappa shape index (κ3) is 1.85. The minimum absolute atomic E-state index is 0.382. The highest BCUT2D eigenvalue weighted by Crippen LogP contribution is 1.90. The number of nitrogens with one attached hydrogen (secondary N) is 2. The second kappa shape index (κ2) is 3.38. The van der Waals surface area contributed by atoms with Gasteiger partial charge < -0.3 is 9.47 Å². The Labute approximate surface area is 58.7 Å². The molecule has 0 aromatic rings. The first-order valence-electron chi connectivity index (χ1n) is 3.02. The Bertz CT molecular complexity index is 122. The molecule has 2 N–H and O–H groups in total. The Kier molecular flexibility index (Phi) is 2.47. The van der Waals surface area contributed by atoms with E-state index in [4.69, 9.17) is 4.74 Å². The summed E-state index contributed by atoms with van der Waals surface area (Å²) in [6.07, 6.45) is -0.869. The highest BCUT2D eigenvalue weighted by Gasteiger charge is 2.15. The maximum Gasteiger partial charge on any atom is 0.409 e. The van der Waals surface area contributed by atoms with Crippen LogP contribution in [0.3, 0.4) is 0 Å². The SMILES string of the molecule is COC(=O)NC1NCCO1. The Morgan fingerprint density at radius 1 is 1.90 bits per heavy atom. The smallest absolute Gasteiger partial charge is 0.409 e. The lowest BCUT2D eigenvalue weighted by Gasteiger charge is -2.09. The highest BCUT2D eigenvalue weighted by atomic mass is 16.6. The van der Waals surface area contributed by atoms with Gasteiger partial charge in [0.05, 0.1) is 13.7 Å². The topological polar surface area (TPSA) is 59.6 Å². The average molecular weight is 146 g/mol. The predicted octanol–water partition coefficient (Wildman–Crippen LogP) is -0.754. The van der Waals surface area contributed by atoms with Crippen molar-refractivity contribution in [2.75, 3.05) is 20.3 Å². The van der Waals surface area contributed by atoms with Gasteiger partial charge in [-0.1, -0.05) is 0 Å². The summed E-state index contributed by atoms with van der Waals surface area (Å²) < 4.78 is 9.34. The summed E-state index contributed by atoms with van der Waals surface area (Å²) in [6.45, 7) is 1.38. The van der Waals surface area contributed by atoms with E-state index in [0.29, 0.717) is 6.61 Å². The number of carbonyl (C=O) groups excluding carboxylic acids is 1. The molecule has 0 bridgehead atoms. The average Bonchev–Trinajstić information content (AvgIpc) is 2.40. The standard InChI is InChI=1S/C5H10N2O3/c1-9-5(8)7-4-6-2-3-10-4/h4,6H,2-3H2,1H3,(H,7,8). The fourth-order valence-corrected chi connectivity index (χ4v) is 0.684. The summed E-state index contributed by atoms with van der Waals surface area (Å²) in [5, 5.41) is 5.32. The summed E-state index contributed by atoms with van der Waals surface area (Å²) in [5.74, 6) is 0. The van der Waals surface area contributed by atoms with Crippen molar-refractivity contribution >= 4 is 6.09 Å². The molecule has 0 aliphatic carbocycles. The van der Waals surface area contributed by atoms with Crippen molar-refractivity contribution in [2.24, 2.45) is 0 Å². The van der Waals surface area contributed by atoms with E-state index in [9.17, 15) is 4.79 Å². The van der Waals surface area contributed by atoms with Crippen LogP contribution in [-0.2, 0) is 9.47 Å². The molecule has 5 heteroatoms. The van der Waals surface area contributed by atoms with Crippen LogP contribution in [0.2, 0.25) is 0 Å². The number of amides is 1. The Morgan fingerprint density at radius 3 is 3.20 bits per heavy atom. The molecule has 1 amide bonds. The lowest BCUT2D eigenvalue weighted by Crippen LogP contribution is -2.42.